The lowest BCUT2D eigenvalue weighted by Gasteiger charge is -2.26. The first kappa shape index (κ1) is 18.0. The smallest absolute Gasteiger partial charge is 0.162 e. The summed E-state index contributed by atoms with van der Waals surface area (Å²) >= 11 is 2.04. The van der Waals surface area contributed by atoms with Gasteiger partial charge in [0.15, 0.2) is 5.82 Å². The highest BCUT2D eigenvalue weighted by Gasteiger charge is 2.13. The van der Waals surface area contributed by atoms with Crippen LogP contribution < -0.4 is 5.32 Å². The lowest BCUT2D eigenvalue weighted by molar-refractivity contribution is 0.294. The zero-order valence-electron chi connectivity index (χ0n) is 15.7. The SMILES string of the molecule is Cc1nc(Nc2cccc(CN3CCSCC3)c2)c(C)c(-n2cccn2)n1. The van der Waals surface area contributed by atoms with Crippen LogP contribution in [0.25, 0.3) is 5.82 Å². The van der Waals surface area contributed by atoms with E-state index in [0.717, 1.165) is 35.3 Å². The Morgan fingerprint density at radius 2 is 1.96 bits per heavy atom. The van der Waals surface area contributed by atoms with E-state index in [4.69, 9.17) is 0 Å². The normalized spacial score (nSPS) is 15.0. The second-order valence-electron chi connectivity index (χ2n) is 6.73. The second-order valence-corrected chi connectivity index (χ2v) is 7.96. The molecule has 2 aromatic heterocycles. The molecule has 3 heterocycles. The summed E-state index contributed by atoms with van der Waals surface area (Å²) in [6, 6.07) is 10.5. The molecule has 140 valence electrons. The van der Waals surface area contributed by atoms with Gasteiger partial charge in [0.1, 0.15) is 11.6 Å². The Morgan fingerprint density at radius 3 is 2.74 bits per heavy atom. The van der Waals surface area contributed by atoms with E-state index in [1.807, 2.05) is 37.9 Å². The number of hydrogen-bond donors (Lipinski definition) is 1. The minimum atomic E-state index is 0.718. The van der Waals surface area contributed by atoms with Gasteiger partial charge in [-0.2, -0.15) is 16.9 Å². The summed E-state index contributed by atoms with van der Waals surface area (Å²) in [5, 5.41) is 7.79. The number of nitrogens with one attached hydrogen (secondary N) is 1. The highest BCUT2D eigenvalue weighted by Crippen LogP contribution is 2.24. The van der Waals surface area contributed by atoms with E-state index in [1.165, 1.54) is 30.2 Å². The third kappa shape index (κ3) is 4.31. The molecule has 1 aromatic carbocycles. The van der Waals surface area contributed by atoms with Crippen molar-refractivity contribution in [2.45, 2.75) is 20.4 Å². The maximum absolute atomic E-state index is 4.61. The lowest BCUT2D eigenvalue weighted by atomic mass is 10.1. The molecule has 1 N–H and O–H groups in total. The number of anilines is 2. The van der Waals surface area contributed by atoms with Crippen LogP contribution in [0, 0.1) is 13.8 Å². The second kappa shape index (κ2) is 8.10. The summed E-state index contributed by atoms with van der Waals surface area (Å²) in [5.74, 6) is 4.80. The van der Waals surface area contributed by atoms with E-state index >= 15 is 0 Å². The maximum Gasteiger partial charge on any atom is 0.162 e. The standard InChI is InChI=1S/C20H24N6S/c1-15-19(22-16(2)23-20(15)26-8-4-7-21-26)24-18-6-3-5-17(13-18)14-25-9-11-27-12-10-25/h3-8,13H,9-12,14H2,1-2H3,(H,22,23,24). The van der Waals surface area contributed by atoms with E-state index in [0.29, 0.717) is 0 Å². The number of nitrogens with zero attached hydrogens (tertiary/aromatic N) is 5. The molecule has 0 unspecified atom stereocenters. The molecule has 1 fully saturated rings. The summed E-state index contributed by atoms with van der Waals surface area (Å²) in [6.45, 7) is 7.26. The van der Waals surface area contributed by atoms with Crippen LogP contribution in [0.15, 0.2) is 42.7 Å². The number of benzene rings is 1. The van der Waals surface area contributed by atoms with E-state index in [2.05, 4.69) is 49.5 Å². The van der Waals surface area contributed by atoms with Crippen LogP contribution in [0.1, 0.15) is 17.0 Å². The summed E-state index contributed by atoms with van der Waals surface area (Å²) in [4.78, 5) is 11.7. The third-order valence-electron chi connectivity index (χ3n) is 4.65. The average Bonchev–Trinajstić information content (AvgIpc) is 3.20. The Balaban J connectivity index is 1.56. The minimum Gasteiger partial charge on any atom is -0.340 e. The zero-order chi connectivity index (χ0) is 18.6. The fourth-order valence-corrected chi connectivity index (χ4v) is 4.23. The molecule has 3 aromatic rings. The zero-order valence-corrected chi connectivity index (χ0v) is 16.5. The molecule has 0 saturated carbocycles. The monoisotopic (exact) mass is 380 g/mol. The first-order valence-corrected chi connectivity index (χ1v) is 10.4. The number of hydrogen-bond acceptors (Lipinski definition) is 6. The van der Waals surface area contributed by atoms with Gasteiger partial charge in [0.25, 0.3) is 0 Å². The van der Waals surface area contributed by atoms with Crippen molar-refractivity contribution in [3.8, 4) is 5.82 Å². The van der Waals surface area contributed by atoms with E-state index < -0.39 is 0 Å². The summed E-state index contributed by atoms with van der Waals surface area (Å²) in [6.07, 6.45) is 3.66. The molecule has 0 amide bonds. The predicted octanol–water partition coefficient (Wildman–Crippen LogP) is 3.57. The topological polar surface area (TPSA) is 58.9 Å². The quantitative estimate of drug-likeness (QED) is 0.730. The van der Waals surface area contributed by atoms with Crippen molar-refractivity contribution < 1.29 is 0 Å². The minimum absolute atomic E-state index is 0.718. The van der Waals surface area contributed by atoms with E-state index in [9.17, 15) is 0 Å². The highest BCUT2D eigenvalue weighted by molar-refractivity contribution is 7.99. The van der Waals surface area contributed by atoms with Gasteiger partial charge in [0.2, 0.25) is 0 Å². The van der Waals surface area contributed by atoms with Crippen molar-refractivity contribution in [2.24, 2.45) is 0 Å². The molecule has 1 saturated heterocycles. The number of thioether (sulfide) groups is 1. The number of rotatable bonds is 5. The van der Waals surface area contributed by atoms with Crippen molar-refractivity contribution >= 4 is 23.3 Å². The van der Waals surface area contributed by atoms with Crippen LogP contribution in [0.5, 0.6) is 0 Å². The molecular formula is C20H24N6S. The van der Waals surface area contributed by atoms with Gasteiger partial charge in [-0.3, -0.25) is 4.90 Å². The largest absolute Gasteiger partial charge is 0.340 e. The number of aromatic nitrogens is 4. The molecule has 7 heteroatoms. The fraction of sp³-hybridized carbons (Fsp3) is 0.350. The molecule has 0 atom stereocenters. The van der Waals surface area contributed by atoms with Crippen molar-refractivity contribution in [2.75, 3.05) is 29.9 Å². The average molecular weight is 381 g/mol. The summed E-state index contributed by atoms with van der Waals surface area (Å²) in [7, 11) is 0. The predicted molar refractivity (Wildman–Crippen MR) is 111 cm³/mol. The molecule has 27 heavy (non-hydrogen) atoms. The molecule has 4 rings (SSSR count). The Hall–Kier alpha value is -2.38. The van der Waals surface area contributed by atoms with Crippen LogP contribution in [0.3, 0.4) is 0 Å². The van der Waals surface area contributed by atoms with Gasteiger partial charge in [-0.25, -0.2) is 14.6 Å². The van der Waals surface area contributed by atoms with Crippen LogP contribution in [-0.4, -0.2) is 49.2 Å². The molecule has 1 aliphatic heterocycles. The molecule has 6 nitrogen and oxygen atoms in total. The van der Waals surface area contributed by atoms with Gasteiger partial charge in [0.05, 0.1) is 0 Å². The highest BCUT2D eigenvalue weighted by atomic mass is 32.2. The van der Waals surface area contributed by atoms with Gasteiger partial charge in [-0.1, -0.05) is 12.1 Å². The molecular weight excluding hydrogens is 356 g/mol. The molecule has 0 aliphatic carbocycles. The molecule has 0 bridgehead atoms. The van der Waals surface area contributed by atoms with Crippen molar-refractivity contribution in [1.29, 1.82) is 0 Å². The molecule has 0 spiro atoms. The van der Waals surface area contributed by atoms with Crippen LogP contribution in [0.4, 0.5) is 11.5 Å². The van der Waals surface area contributed by atoms with Crippen LogP contribution >= 0.6 is 11.8 Å². The Labute approximate surface area is 164 Å². The van der Waals surface area contributed by atoms with Crippen LogP contribution in [0.2, 0.25) is 0 Å². The van der Waals surface area contributed by atoms with Gasteiger partial charge >= 0.3 is 0 Å². The van der Waals surface area contributed by atoms with Crippen molar-refractivity contribution in [3.63, 3.8) is 0 Å². The Kier molecular flexibility index (Phi) is 5.40. The maximum atomic E-state index is 4.61. The first-order chi connectivity index (χ1) is 13.2. The van der Waals surface area contributed by atoms with Crippen molar-refractivity contribution in [3.05, 3.63) is 59.7 Å². The molecule has 0 radical (unpaired) electrons. The van der Waals surface area contributed by atoms with Gasteiger partial charge in [0, 0.05) is 54.8 Å². The lowest BCUT2D eigenvalue weighted by Crippen LogP contribution is -2.31. The van der Waals surface area contributed by atoms with Gasteiger partial charge in [-0.05, 0) is 37.6 Å². The number of aryl methyl sites for hydroxylation is 1. The Bertz CT molecular complexity index is 903. The van der Waals surface area contributed by atoms with Crippen molar-refractivity contribution in [1.82, 2.24) is 24.6 Å². The van der Waals surface area contributed by atoms with E-state index in [-0.39, 0.29) is 0 Å². The fourth-order valence-electron chi connectivity index (χ4n) is 3.25. The van der Waals surface area contributed by atoms with Gasteiger partial charge in [-0.15, -0.1) is 0 Å². The Morgan fingerprint density at radius 1 is 1.11 bits per heavy atom. The molecule has 1 aliphatic rings. The first-order valence-electron chi connectivity index (χ1n) is 9.20. The van der Waals surface area contributed by atoms with Gasteiger partial charge < -0.3 is 5.32 Å². The van der Waals surface area contributed by atoms with E-state index in [1.54, 1.807) is 10.9 Å². The van der Waals surface area contributed by atoms with Crippen LogP contribution in [-0.2, 0) is 6.54 Å². The summed E-state index contributed by atoms with van der Waals surface area (Å²) in [5.41, 5.74) is 3.34. The third-order valence-corrected chi connectivity index (χ3v) is 5.60. The summed E-state index contributed by atoms with van der Waals surface area (Å²) < 4.78 is 1.78.